The van der Waals surface area contributed by atoms with Gasteiger partial charge in [-0.1, -0.05) is 6.07 Å². The quantitative estimate of drug-likeness (QED) is 0.580. The van der Waals surface area contributed by atoms with Crippen molar-refractivity contribution in [3.63, 3.8) is 0 Å². The lowest BCUT2D eigenvalue weighted by atomic mass is 10.3. The molecular weight excluding hydrogens is 262 g/mol. The van der Waals surface area contributed by atoms with Crippen LogP contribution in [0, 0.1) is 10.1 Å². The van der Waals surface area contributed by atoms with E-state index in [9.17, 15) is 14.9 Å². The van der Waals surface area contributed by atoms with Crippen molar-refractivity contribution >= 4 is 24.0 Å². The van der Waals surface area contributed by atoms with Gasteiger partial charge in [-0.3, -0.25) is 14.9 Å². The van der Waals surface area contributed by atoms with Gasteiger partial charge >= 0.3 is 0 Å². The lowest BCUT2D eigenvalue weighted by molar-refractivity contribution is -0.384. The molecule has 0 fully saturated rings. The average molecular weight is 276 g/mol. The highest BCUT2D eigenvalue weighted by atomic mass is 35.5. The summed E-state index contributed by atoms with van der Waals surface area (Å²) in [6.07, 6.45) is 0. The number of carbonyl (C=O) groups is 1. The molecule has 0 aliphatic heterocycles. The summed E-state index contributed by atoms with van der Waals surface area (Å²) in [7, 11) is 0. The maximum atomic E-state index is 11.2. The van der Waals surface area contributed by atoms with Gasteiger partial charge < -0.3 is 15.8 Å². The fourth-order valence-electron chi connectivity index (χ4n) is 1.10. The predicted molar refractivity (Wildman–Crippen MR) is 67.9 cm³/mol. The number of nitro groups is 1. The van der Waals surface area contributed by atoms with Crippen LogP contribution in [0.5, 0.6) is 5.75 Å². The van der Waals surface area contributed by atoms with Crippen LogP contribution in [0.25, 0.3) is 0 Å². The molecule has 0 aromatic heterocycles. The molecule has 18 heavy (non-hydrogen) atoms. The number of halogens is 1. The van der Waals surface area contributed by atoms with Crippen molar-refractivity contribution in [1.82, 2.24) is 5.32 Å². The number of hydrogen-bond donors (Lipinski definition) is 2. The fourth-order valence-corrected chi connectivity index (χ4v) is 1.10. The van der Waals surface area contributed by atoms with Gasteiger partial charge in [0.25, 0.3) is 11.6 Å². The molecule has 0 atom stereocenters. The van der Waals surface area contributed by atoms with Crippen molar-refractivity contribution in [1.29, 1.82) is 0 Å². The second-order valence-corrected chi connectivity index (χ2v) is 3.18. The van der Waals surface area contributed by atoms with Crippen LogP contribution in [0.2, 0.25) is 0 Å². The van der Waals surface area contributed by atoms with Gasteiger partial charge in [0.2, 0.25) is 0 Å². The standard InChI is InChI=1S/C10H13N3O4.ClH/c11-4-5-12-10(14)7-17-9-3-1-2-8(6-9)13(15)16;/h1-3,6H,4-5,7,11H2,(H,12,14);1H. The zero-order valence-electron chi connectivity index (χ0n) is 9.50. The highest BCUT2D eigenvalue weighted by Crippen LogP contribution is 2.18. The van der Waals surface area contributed by atoms with Crippen LogP contribution >= 0.6 is 12.4 Å². The number of amides is 1. The third-order valence-corrected chi connectivity index (χ3v) is 1.86. The minimum absolute atomic E-state index is 0. The Morgan fingerprint density at radius 3 is 2.83 bits per heavy atom. The normalized spacial score (nSPS) is 9.17. The minimum Gasteiger partial charge on any atom is -0.484 e. The van der Waals surface area contributed by atoms with Gasteiger partial charge in [0.15, 0.2) is 6.61 Å². The smallest absolute Gasteiger partial charge is 0.273 e. The second kappa shape index (κ2) is 8.26. The van der Waals surface area contributed by atoms with E-state index >= 15 is 0 Å². The third-order valence-electron chi connectivity index (χ3n) is 1.86. The molecule has 0 aliphatic rings. The Hall–Kier alpha value is -1.86. The van der Waals surface area contributed by atoms with E-state index in [1.165, 1.54) is 18.2 Å². The summed E-state index contributed by atoms with van der Waals surface area (Å²) in [4.78, 5) is 21.1. The zero-order chi connectivity index (χ0) is 12.7. The highest BCUT2D eigenvalue weighted by molar-refractivity contribution is 5.85. The number of hydrogen-bond acceptors (Lipinski definition) is 5. The molecule has 8 heteroatoms. The molecule has 0 unspecified atom stereocenters. The SMILES string of the molecule is Cl.NCCNC(=O)COc1cccc([N+](=O)[O-])c1. The first-order valence-corrected chi connectivity index (χ1v) is 4.97. The van der Waals surface area contributed by atoms with Crippen molar-refractivity contribution in [2.75, 3.05) is 19.7 Å². The highest BCUT2D eigenvalue weighted by Gasteiger charge is 2.07. The Morgan fingerprint density at radius 1 is 1.50 bits per heavy atom. The maximum Gasteiger partial charge on any atom is 0.273 e. The van der Waals surface area contributed by atoms with Gasteiger partial charge in [0.05, 0.1) is 11.0 Å². The molecule has 7 nitrogen and oxygen atoms in total. The van der Waals surface area contributed by atoms with Crippen molar-refractivity contribution in [3.8, 4) is 5.75 Å². The Bertz CT molecular complexity index is 414. The van der Waals surface area contributed by atoms with Crippen molar-refractivity contribution < 1.29 is 14.5 Å². The number of ether oxygens (including phenoxy) is 1. The summed E-state index contributed by atoms with van der Waals surface area (Å²) < 4.78 is 5.10. The van der Waals surface area contributed by atoms with E-state index in [-0.39, 0.29) is 36.4 Å². The number of carbonyl (C=O) groups excluding carboxylic acids is 1. The summed E-state index contributed by atoms with van der Waals surface area (Å²) >= 11 is 0. The lowest BCUT2D eigenvalue weighted by Crippen LogP contribution is -2.32. The van der Waals surface area contributed by atoms with Gasteiger partial charge in [0, 0.05) is 19.2 Å². The number of nitro benzene ring substituents is 1. The molecule has 0 spiro atoms. The van der Waals surface area contributed by atoms with E-state index in [1.807, 2.05) is 0 Å². The van der Waals surface area contributed by atoms with E-state index in [0.717, 1.165) is 0 Å². The lowest BCUT2D eigenvalue weighted by Gasteiger charge is -2.06. The van der Waals surface area contributed by atoms with Crippen LogP contribution in [0.1, 0.15) is 0 Å². The average Bonchev–Trinajstić information content (AvgIpc) is 2.34. The van der Waals surface area contributed by atoms with Gasteiger partial charge in [0.1, 0.15) is 5.75 Å². The van der Waals surface area contributed by atoms with Crippen molar-refractivity contribution in [3.05, 3.63) is 34.4 Å². The van der Waals surface area contributed by atoms with E-state index in [4.69, 9.17) is 10.5 Å². The Labute approximate surface area is 110 Å². The van der Waals surface area contributed by atoms with Gasteiger partial charge in [-0.05, 0) is 6.07 Å². The molecule has 1 rings (SSSR count). The first kappa shape index (κ1) is 16.1. The first-order valence-electron chi connectivity index (χ1n) is 4.97. The Kier molecular flexibility index (Phi) is 7.41. The minimum atomic E-state index is -0.526. The second-order valence-electron chi connectivity index (χ2n) is 3.18. The number of rotatable bonds is 6. The van der Waals surface area contributed by atoms with E-state index in [0.29, 0.717) is 13.1 Å². The molecule has 0 saturated carbocycles. The molecule has 0 bridgehead atoms. The summed E-state index contributed by atoms with van der Waals surface area (Å²) in [6.45, 7) is 0.529. The molecule has 0 saturated heterocycles. The summed E-state index contributed by atoms with van der Waals surface area (Å²) in [6, 6.07) is 5.64. The Morgan fingerprint density at radius 2 is 2.22 bits per heavy atom. The van der Waals surface area contributed by atoms with Crippen LogP contribution in [-0.2, 0) is 4.79 Å². The summed E-state index contributed by atoms with van der Waals surface area (Å²) in [5.74, 6) is -0.0379. The largest absolute Gasteiger partial charge is 0.484 e. The molecule has 1 aromatic rings. The molecule has 1 amide bonds. The van der Waals surface area contributed by atoms with E-state index in [1.54, 1.807) is 6.07 Å². The number of nitrogens with zero attached hydrogens (tertiary/aromatic N) is 1. The van der Waals surface area contributed by atoms with E-state index in [2.05, 4.69) is 5.32 Å². The zero-order valence-corrected chi connectivity index (χ0v) is 10.3. The molecule has 0 aliphatic carbocycles. The van der Waals surface area contributed by atoms with Crippen LogP contribution in [-0.4, -0.2) is 30.5 Å². The molecule has 0 heterocycles. The van der Waals surface area contributed by atoms with Crippen LogP contribution in [0.4, 0.5) is 5.69 Å². The monoisotopic (exact) mass is 275 g/mol. The molecular formula is C10H14ClN3O4. The van der Waals surface area contributed by atoms with Crippen LogP contribution in [0.3, 0.4) is 0 Å². The van der Waals surface area contributed by atoms with Crippen molar-refractivity contribution in [2.45, 2.75) is 0 Å². The maximum absolute atomic E-state index is 11.2. The van der Waals surface area contributed by atoms with Gasteiger partial charge in [-0.25, -0.2) is 0 Å². The number of benzene rings is 1. The van der Waals surface area contributed by atoms with Gasteiger partial charge in [-0.2, -0.15) is 0 Å². The van der Waals surface area contributed by atoms with Crippen LogP contribution in [0.15, 0.2) is 24.3 Å². The van der Waals surface area contributed by atoms with E-state index < -0.39 is 4.92 Å². The van der Waals surface area contributed by atoms with Crippen LogP contribution < -0.4 is 15.8 Å². The number of non-ortho nitro benzene ring substituents is 1. The Balaban J connectivity index is 0.00000289. The fraction of sp³-hybridized carbons (Fsp3) is 0.300. The third kappa shape index (κ3) is 5.46. The number of nitrogens with two attached hydrogens (primary N) is 1. The first-order chi connectivity index (χ1) is 8.13. The summed E-state index contributed by atoms with van der Waals surface area (Å²) in [5, 5.41) is 13.0. The topological polar surface area (TPSA) is 107 Å². The van der Waals surface area contributed by atoms with Crippen molar-refractivity contribution in [2.24, 2.45) is 5.73 Å². The van der Waals surface area contributed by atoms with Gasteiger partial charge in [-0.15, -0.1) is 12.4 Å². The molecule has 100 valence electrons. The molecule has 0 radical (unpaired) electrons. The molecule has 1 aromatic carbocycles. The predicted octanol–water partition coefficient (Wildman–Crippen LogP) is 0.470. The summed E-state index contributed by atoms with van der Waals surface area (Å²) in [5.41, 5.74) is 5.13. The molecule has 3 N–H and O–H groups in total. The number of nitrogens with one attached hydrogen (secondary N) is 1.